The SMILES string of the molecule is CC(=O)NC1(C(=O)NC(c2ncc(-c3ccc(-c4ccc(-c5cnc(CC(C)(C)C)[nH]5)cc4)cc3)[nH]2)C(C)(C)C)CCC(C)(C)CC1. The molecule has 2 amide bonds. The highest BCUT2D eigenvalue weighted by Gasteiger charge is 2.46. The van der Waals surface area contributed by atoms with E-state index < -0.39 is 5.54 Å². The maximum absolute atomic E-state index is 13.9. The van der Waals surface area contributed by atoms with Crippen LogP contribution in [0.1, 0.15) is 106 Å². The molecule has 1 aliphatic rings. The highest BCUT2D eigenvalue weighted by atomic mass is 16.2. The van der Waals surface area contributed by atoms with Gasteiger partial charge in [-0.25, -0.2) is 9.97 Å². The predicted octanol–water partition coefficient (Wildman–Crippen LogP) is 8.40. The van der Waals surface area contributed by atoms with Crippen LogP contribution in [0.3, 0.4) is 0 Å². The minimum absolute atomic E-state index is 0.144. The molecule has 1 aliphatic carbocycles. The number of hydrogen-bond donors (Lipinski definition) is 4. The Labute approximate surface area is 280 Å². The minimum atomic E-state index is -0.915. The Kier molecular flexibility index (Phi) is 9.28. The number of aromatic amines is 2. The number of aromatic nitrogens is 4. The van der Waals surface area contributed by atoms with E-state index in [1.54, 1.807) is 0 Å². The van der Waals surface area contributed by atoms with Crippen LogP contribution in [0.15, 0.2) is 60.9 Å². The topological polar surface area (TPSA) is 116 Å². The van der Waals surface area contributed by atoms with Crippen molar-refractivity contribution in [3.8, 4) is 33.6 Å². The predicted molar refractivity (Wildman–Crippen MR) is 189 cm³/mol. The molecule has 1 saturated carbocycles. The molecule has 8 nitrogen and oxygen atoms in total. The second-order valence-electron chi connectivity index (χ2n) is 16.5. The fourth-order valence-corrected chi connectivity index (χ4v) is 6.48. The Bertz CT molecular complexity index is 1690. The molecular weight excluding hydrogens is 584 g/mol. The molecule has 5 rings (SSSR count). The van der Waals surface area contributed by atoms with Crippen LogP contribution in [-0.2, 0) is 16.0 Å². The first-order chi connectivity index (χ1) is 21.9. The van der Waals surface area contributed by atoms with Crippen LogP contribution in [0, 0.1) is 16.2 Å². The lowest BCUT2D eigenvalue weighted by Gasteiger charge is -2.44. The Morgan fingerprint density at radius 2 is 1.26 bits per heavy atom. The van der Waals surface area contributed by atoms with Gasteiger partial charge < -0.3 is 20.6 Å². The first-order valence-electron chi connectivity index (χ1n) is 16.8. The average molecular weight is 637 g/mol. The Balaban J connectivity index is 1.30. The average Bonchev–Trinajstić information content (AvgIpc) is 3.66. The van der Waals surface area contributed by atoms with Gasteiger partial charge in [-0.3, -0.25) is 9.59 Å². The molecule has 250 valence electrons. The number of hydrogen-bond acceptors (Lipinski definition) is 4. The molecule has 0 bridgehead atoms. The van der Waals surface area contributed by atoms with E-state index in [4.69, 9.17) is 4.98 Å². The van der Waals surface area contributed by atoms with Crippen molar-refractivity contribution in [2.45, 2.75) is 106 Å². The van der Waals surface area contributed by atoms with Crippen molar-refractivity contribution in [3.05, 3.63) is 72.6 Å². The van der Waals surface area contributed by atoms with Crippen molar-refractivity contribution < 1.29 is 9.59 Å². The quantitative estimate of drug-likeness (QED) is 0.155. The van der Waals surface area contributed by atoms with Crippen LogP contribution in [-0.4, -0.2) is 37.3 Å². The van der Waals surface area contributed by atoms with Gasteiger partial charge in [0.15, 0.2) is 0 Å². The highest BCUT2D eigenvalue weighted by molar-refractivity contribution is 5.91. The molecule has 1 fully saturated rings. The number of nitrogens with one attached hydrogen (secondary N) is 4. The summed E-state index contributed by atoms with van der Waals surface area (Å²) < 4.78 is 0. The fourth-order valence-electron chi connectivity index (χ4n) is 6.48. The van der Waals surface area contributed by atoms with Crippen molar-refractivity contribution in [2.75, 3.05) is 0 Å². The van der Waals surface area contributed by atoms with Crippen LogP contribution in [0.4, 0.5) is 0 Å². The van der Waals surface area contributed by atoms with Gasteiger partial charge in [0.1, 0.15) is 17.2 Å². The van der Waals surface area contributed by atoms with Crippen LogP contribution in [0.2, 0.25) is 0 Å². The lowest BCUT2D eigenvalue weighted by Crippen LogP contribution is -2.61. The zero-order valence-electron chi connectivity index (χ0n) is 29.6. The van der Waals surface area contributed by atoms with Gasteiger partial charge in [-0.1, -0.05) is 104 Å². The van der Waals surface area contributed by atoms with Crippen molar-refractivity contribution in [3.63, 3.8) is 0 Å². The molecule has 47 heavy (non-hydrogen) atoms. The summed E-state index contributed by atoms with van der Waals surface area (Å²) >= 11 is 0. The maximum Gasteiger partial charge on any atom is 0.246 e. The molecule has 1 unspecified atom stereocenters. The first kappa shape index (κ1) is 34.1. The van der Waals surface area contributed by atoms with E-state index in [1.807, 2.05) is 12.4 Å². The third-order valence-electron chi connectivity index (χ3n) is 9.37. The first-order valence-corrected chi connectivity index (χ1v) is 16.8. The zero-order valence-corrected chi connectivity index (χ0v) is 29.6. The van der Waals surface area contributed by atoms with E-state index in [0.717, 1.165) is 58.7 Å². The maximum atomic E-state index is 13.9. The monoisotopic (exact) mass is 636 g/mol. The summed E-state index contributed by atoms with van der Waals surface area (Å²) in [5.74, 6) is 1.37. The van der Waals surface area contributed by atoms with E-state index in [9.17, 15) is 9.59 Å². The van der Waals surface area contributed by atoms with Gasteiger partial charge in [-0.15, -0.1) is 0 Å². The number of carbonyl (C=O) groups is 2. The second kappa shape index (κ2) is 12.8. The molecule has 2 heterocycles. The number of benzene rings is 2. The Hall–Kier alpha value is -4.20. The van der Waals surface area contributed by atoms with Gasteiger partial charge in [0.2, 0.25) is 11.8 Å². The standard InChI is InChI=1S/C39H52N6O2/c1-25(46)45-39(20-18-38(8,9)19-21-39)35(47)44-33(37(5,6)7)34-41-24-31(43-34)29-16-12-27(13-17-29)26-10-14-28(15-11-26)30-23-40-32(42-30)22-36(2,3)4/h10-17,23-24,33H,18-22H2,1-9H3,(H,40,42)(H,41,43)(H,44,47)(H,45,46). The van der Waals surface area contributed by atoms with Crippen molar-refractivity contribution in [2.24, 2.45) is 16.2 Å². The largest absolute Gasteiger partial charge is 0.344 e. The Morgan fingerprint density at radius 1 is 0.766 bits per heavy atom. The third kappa shape index (κ3) is 8.21. The summed E-state index contributed by atoms with van der Waals surface area (Å²) in [6, 6.07) is 16.6. The molecular formula is C39H52N6O2. The molecule has 0 radical (unpaired) electrons. The normalized spacial score (nSPS) is 16.8. The van der Waals surface area contributed by atoms with E-state index in [1.165, 1.54) is 6.92 Å². The van der Waals surface area contributed by atoms with Crippen LogP contribution in [0.25, 0.3) is 33.6 Å². The number of imidazole rings is 2. The molecule has 0 spiro atoms. The van der Waals surface area contributed by atoms with E-state index >= 15 is 0 Å². The summed E-state index contributed by atoms with van der Waals surface area (Å²) in [6.45, 7) is 18.8. The van der Waals surface area contributed by atoms with Gasteiger partial charge in [0.25, 0.3) is 0 Å². The van der Waals surface area contributed by atoms with Crippen LogP contribution < -0.4 is 10.6 Å². The number of nitrogens with zero attached hydrogens (tertiary/aromatic N) is 2. The summed E-state index contributed by atoms with van der Waals surface area (Å²) in [5, 5.41) is 6.31. The third-order valence-corrected chi connectivity index (χ3v) is 9.37. The highest BCUT2D eigenvalue weighted by Crippen LogP contribution is 2.41. The van der Waals surface area contributed by atoms with Gasteiger partial charge in [0, 0.05) is 13.3 Å². The van der Waals surface area contributed by atoms with Gasteiger partial charge in [-0.05, 0) is 64.2 Å². The number of H-pyrrole nitrogens is 2. The molecule has 8 heteroatoms. The molecule has 2 aromatic heterocycles. The molecule has 2 aromatic carbocycles. The number of rotatable bonds is 8. The molecule has 0 aliphatic heterocycles. The lowest BCUT2D eigenvalue weighted by atomic mass is 9.68. The Morgan fingerprint density at radius 3 is 1.74 bits per heavy atom. The van der Waals surface area contributed by atoms with Gasteiger partial charge in [-0.2, -0.15) is 0 Å². The number of carbonyl (C=O) groups excluding carboxylic acids is 2. The summed E-state index contributed by atoms with van der Waals surface area (Å²) in [4.78, 5) is 42.4. The summed E-state index contributed by atoms with van der Waals surface area (Å²) in [6.07, 6.45) is 7.61. The van der Waals surface area contributed by atoms with E-state index in [0.29, 0.717) is 18.7 Å². The van der Waals surface area contributed by atoms with Crippen molar-refractivity contribution >= 4 is 11.8 Å². The van der Waals surface area contributed by atoms with Crippen LogP contribution >= 0.6 is 0 Å². The molecule has 4 N–H and O–H groups in total. The zero-order chi connectivity index (χ0) is 34.2. The van der Waals surface area contributed by atoms with Crippen molar-refractivity contribution in [1.29, 1.82) is 0 Å². The number of amides is 2. The van der Waals surface area contributed by atoms with Gasteiger partial charge in [0.05, 0.1) is 29.8 Å². The molecule has 0 saturated heterocycles. The molecule has 4 aromatic rings. The van der Waals surface area contributed by atoms with E-state index in [2.05, 4.69) is 130 Å². The lowest BCUT2D eigenvalue weighted by molar-refractivity contribution is -0.136. The van der Waals surface area contributed by atoms with E-state index in [-0.39, 0.29) is 34.1 Å². The van der Waals surface area contributed by atoms with Crippen molar-refractivity contribution in [1.82, 2.24) is 30.6 Å². The van der Waals surface area contributed by atoms with Gasteiger partial charge >= 0.3 is 0 Å². The smallest absolute Gasteiger partial charge is 0.246 e. The molecule has 1 atom stereocenters. The summed E-state index contributed by atoms with van der Waals surface area (Å²) in [5.41, 5.74) is 5.37. The van der Waals surface area contributed by atoms with Crippen LogP contribution in [0.5, 0.6) is 0 Å². The fraction of sp³-hybridized carbons (Fsp3) is 0.487. The summed E-state index contributed by atoms with van der Waals surface area (Å²) in [7, 11) is 0. The minimum Gasteiger partial charge on any atom is -0.344 e. The second-order valence-corrected chi connectivity index (χ2v) is 16.5.